The van der Waals surface area contributed by atoms with Gasteiger partial charge in [0, 0.05) is 6.20 Å². The van der Waals surface area contributed by atoms with Gasteiger partial charge in [0.1, 0.15) is 11.9 Å². The van der Waals surface area contributed by atoms with Gasteiger partial charge in [0.15, 0.2) is 0 Å². The predicted octanol–water partition coefficient (Wildman–Crippen LogP) is 1.55. The Hall–Kier alpha value is -2.39. The summed E-state index contributed by atoms with van der Waals surface area (Å²) >= 11 is 0. The Bertz CT molecular complexity index is 702. The highest BCUT2D eigenvalue weighted by molar-refractivity contribution is 5.44. The molecule has 0 aromatic carbocycles. The van der Waals surface area contributed by atoms with Crippen molar-refractivity contribution >= 4 is 5.82 Å². The largest absolute Gasteiger partial charge is 0.391 e. The molecule has 0 bridgehead atoms. The number of nitriles is 1. The molecular formula is C15H17N5O. The zero-order valence-corrected chi connectivity index (χ0v) is 12.0. The van der Waals surface area contributed by atoms with E-state index in [-0.39, 0.29) is 12.1 Å². The number of rotatable bonds is 3. The number of aromatic nitrogens is 3. The number of anilines is 1. The molecule has 2 aromatic heterocycles. The molecule has 3 atom stereocenters. The first-order chi connectivity index (χ1) is 10.1. The van der Waals surface area contributed by atoms with Gasteiger partial charge in [-0.2, -0.15) is 10.4 Å². The van der Waals surface area contributed by atoms with Gasteiger partial charge >= 0.3 is 0 Å². The molecular weight excluding hydrogens is 266 g/mol. The molecule has 0 spiro atoms. The maximum Gasteiger partial charge on any atom is 0.126 e. The number of hydrogen-bond acceptors (Lipinski definition) is 5. The van der Waals surface area contributed by atoms with Crippen molar-refractivity contribution in [3.05, 3.63) is 41.3 Å². The minimum Gasteiger partial charge on any atom is -0.391 e. The molecule has 1 aliphatic rings. The van der Waals surface area contributed by atoms with Crippen molar-refractivity contribution < 1.29 is 5.11 Å². The highest BCUT2D eigenvalue weighted by Crippen LogP contribution is 2.34. The van der Waals surface area contributed by atoms with Crippen LogP contribution in [0, 0.1) is 25.2 Å². The fourth-order valence-electron chi connectivity index (χ4n) is 2.66. The summed E-state index contributed by atoms with van der Waals surface area (Å²) in [5.74, 6) is 0.720. The van der Waals surface area contributed by atoms with E-state index >= 15 is 0 Å². The molecule has 1 fully saturated rings. The molecule has 0 saturated heterocycles. The number of aliphatic hydroxyl groups excluding tert-OH is 1. The van der Waals surface area contributed by atoms with Crippen LogP contribution in [0.4, 0.5) is 5.82 Å². The van der Waals surface area contributed by atoms with E-state index in [2.05, 4.69) is 21.5 Å². The summed E-state index contributed by atoms with van der Waals surface area (Å²) < 4.78 is 1.80. The van der Waals surface area contributed by atoms with E-state index in [9.17, 15) is 5.11 Å². The second kappa shape index (κ2) is 5.19. The number of aryl methyl sites for hydroxylation is 2. The molecule has 3 rings (SSSR count). The van der Waals surface area contributed by atoms with Gasteiger partial charge < -0.3 is 10.4 Å². The van der Waals surface area contributed by atoms with E-state index < -0.39 is 6.10 Å². The first-order valence-electron chi connectivity index (χ1n) is 6.91. The van der Waals surface area contributed by atoms with Gasteiger partial charge in [-0.15, -0.1) is 0 Å². The topological polar surface area (TPSA) is 86.8 Å². The third kappa shape index (κ3) is 2.48. The molecule has 1 aliphatic carbocycles. The van der Waals surface area contributed by atoms with Gasteiger partial charge in [0.2, 0.25) is 0 Å². The van der Waals surface area contributed by atoms with Crippen LogP contribution in [-0.2, 0) is 0 Å². The molecule has 0 aliphatic heterocycles. The number of nitrogens with one attached hydrogen (secondary N) is 1. The standard InChI is InChI=1S/C15H17N5O/c1-9-7-17-20(8-9)15-12(5-13(15)21)19-14-4-3-11(6-16)10(2)18-14/h3-4,7-8,12-13,15,21H,5H2,1-2H3,(H,18,19)/t12-,13+,15+/m0/s1. The summed E-state index contributed by atoms with van der Waals surface area (Å²) in [4.78, 5) is 4.38. The van der Waals surface area contributed by atoms with E-state index in [0.717, 1.165) is 11.4 Å². The van der Waals surface area contributed by atoms with Crippen LogP contribution in [-0.4, -0.2) is 32.0 Å². The second-order valence-electron chi connectivity index (χ2n) is 5.48. The normalized spacial score (nSPS) is 24.2. The van der Waals surface area contributed by atoms with Crippen molar-refractivity contribution in [3.8, 4) is 6.07 Å². The number of aliphatic hydroxyl groups is 1. The van der Waals surface area contributed by atoms with Gasteiger partial charge in [-0.3, -0.25) is 4.68 Å². The van der Waals surface area contributed by atoms with E-state index in [4.69, 9.17) is 5.26 Å². The quantitative estimate of drug-likeness (QED) is 0.892. The monoisotopic (exact) mass is 283 g/mol. The van der Waals surface area contributed by atoms with E-state index in [0.29, 0.717) is 17.7 Å². The van der Waals surface area contributed by atoms with Crippen LogP contribution in [0.1, 0.15) is 29.3 Å². The van der Waals surface area contributed by atoms with Crippen LogP contribution in [0.3, 0.4) is 0 Å². The Labute approximate surface area is 123 Å². The lowest BCUT2D eigenvalue weighted by Gasteiger charge is -2.42. The highest BCUT2D eigenvalue weighted by atomic mass is 16.3. The molecule has 2 aromatic rings. The summed E-state index contributed by atoms with van der Waals surface area (Å²) in [5.41, 5.74) is 2.35. The Morgan fingerprint density at radius 1 is 1.43 bits per heavy atom. The molecule has 6 heteroatoms. The summed E-state index contributed by atoms with van der Waals surface area (Å²) in [6.45, 7) is 3.79. The molecule has 21 heavy (non-hydrogen) atoms. The minimum atomic E-state index is -0.402. The maximum absolute atomic E-state index is 9.99. The first-order valence-corrected chi connectivity index (χ1v) is 6.91. The van der Waals surface area contributed by atoms with Crippen molar-refractivity contribution in [1.29, 1.82) is 5.26 Å². The molecule has 6 nitrogen and oxygen atoms in total. The third-order valence-corrected chi connectivity index (χ3v) is 3.88. The van der Waals surface area contributed by atoms with Gasteiger partial charge in [-0.25, -0.2) is 4.98 Å². The third-order valence-electron chi connectivity index (χ3n) is 3.88. The smallest absolute Gasteiger partial charge is 0.126 e. The molecule has 2 heterocycles. The van der Waals surface area contributed by atoms with E-state index in [1.807, 2.05) is 20.0 Å². The van der Waals surface area contributed by atoms with Crippen LogP contribution < -0.4 is 5.32 Å². The van der Waals surface area contributed by atoms with Crippen molar-refractivity contribution in [1.82, 2.24) is 14.8 Å². The predicted molar refractivity (Wildman–Crippen MR) is 77.7 cm³/mol. The summed E-state index contributed by atoms with van der Waals surface area (Å²) in [6.07, 6.45) is 3.97. The van der Waals surface area contributed by atoms with Crippen molar-refractivity contribution in [2.45, 2.75) is 38.5 Å². The zero-order valence-electron chi connectivity index (χ0n) is 12.0. The maximum atomic E-state index is 9.99. The SMILES string of the molecule is Cc1cnn([C@H]2[C@H](O)C[C@@H]2Nc2ccc(C#N)c(C)n2)c1. The summed E-state index contributed by atoms with van der Waals surface area (Å²) in [6, 6.07) is 5.65. The Kier molecular flexibility index (Phi) is 3.35. The number of nitrogens with zero attached hydrogens (tertiary/aromatic N) is 4. The van der Waals surface area contributed by atoms with Crippen LogP contribution in [0.5, 0.6) is 0 Å². The van der Waals surface area contributed by atoms with Crippen LogP contribution in [0.15, 0.2) is 24.5 Å². The summed E-state index contributed by atoms with van der Waals surface area (Å²) in [7, 11) is 0. The van der Waals surface area contributed by atoms with Crippen molar-refractivity contribution in [3.63, 3.8) is 0 Å². The van der Waals surface area contributed by atoms with E-state index in [1.165, 1.54) is 0 Å². The Balaban J connectivity index is 1.76. The van der Waals surface area contributed by atoms with Gasteiger partial charge in [-0.1, -0.05) is 0 Å². The first kappa shape index (κ1) is 13.6. The lowest BCUT2D eigenvalue weighted by Crippen LogP contribution is -2.51. The zero-order chi connectivity index (χ0) is 15.0. The summed E-state index contributed by atoms with van der Waals surface area (Å²) in [5, 5.41) is 26.5. The molecule has 0 amide bonds. The van der Waals surface area contributed by atoms with Gasteiger partial charge in [0.25, 0.3) is 0 Å². The lowest BCUT2D eigenvalue weighted by molar-refractivity contribution is 0.0133. The lowest BCUT2D eigenvalue weighted by atomic mass is 9.83. The molecule has 0 radical (unpaired) electrons. The average Bonchev–Trinajstić information content (AvgIpc) is 2.84. The molecule has 108 valence electrons. The minimum absolute atomic E-state index is 0.0825. The van der Waals surface area contributed by atoms with Gasteiger partial charge in [0.05, 0.1) is 35.6 Å². The fourth-order valence-corrected chi connectivity index (χ4v) is 2.66. The number of hydrogen-bond donors (Lipinski definition) is 2. The average molecular weight is 283 g/mol. The Morgan fingerprint density at radius 2 is 2.24 bits per heavy atom. The number of pyridine rings is 1. The van der Waals surface area contributed by atoms with Crippen LogP contribution in [0.2, 0.25) is 0 Å². The highest BCUT2D eigenvalue weighted by Gasteiger charge is 2.42. The molecule has 0 unspecified atom stereocenters. The molecule has 2 N–H and O–H groups in total. The van der Waals surface area contributed by atoms with Crippen LogP contribution in [0.25, 0.3) is 0 Å². The second-order valence-corrected chi connectivity index (χ2v) is 5.48. The Morgan fingerprint density at radius 3 is 2.81 bits per heavy atom. The fraction of sp³-hybridized carbons (Fsp3) is 0.400. The van der Waals surface area contributed by atoms with Crippen molar-refractivity contribution in [2.24, 2.45) is 0 Å². The van der Waals surface area contributed by atoms with Gasteiger partial charge in [-0.05, 0) is 38.0 Å². The van der Waals surface area contributed by atoms with E-state index in [1.54, 1.807) is 23.0 Å². The molecule has 1 saturated carbocycles. The van der Waals surface area contributed by atoms with Crippen molar-refractivity contribution in [2.75, 3.05) is 5.32 Å². The van der Waals surface area contributed by atoms with Crippen LogP contribution >= 0.6 is 0 Å².